The number of hydrogen-bond donors (Lipinski definition) is 2. The Balaban J connectivity index is 1.47. The fraction of sp³-hybridized carbons (Fsp3) is 0.130. The summed E-state index contributed by atoms with van der Waals surface area (Å²) in [4.78, 5) is 11.9. The Morgan fingerprint density at radius 3 is 2.61 bits per heavy atom. The van der Waals surface area contributed by atoms with Crippen LogP contribution in [0, 0.1) is 6.92 Å². The number of benzene rings is 3. The van der Waals surface area contributed by atoms with Gasteiger partial charge in [0.2, 0.25) is 0 Å². The van der Waals surface area contributed by atoms with Gasteiger partial charge in [-0.2, -0.15) is 5.10 Å². The average Bonchev–Trinajstić information content (AvgIpc) is 2.73. The third-order valence-electron chi connectivity index (χ3n) is 4.09. The van der Waals surface area contributed by atoms with E-state index in [4.69, 9.17) is 4.74 Å². The predicted octanol–water partition coefficient (Wildman–Crippen LogP) is 4.14. The lowest BCUT2D eigenvalue weighted by atomic mass is 10.2. The minimum atomic E-state index is -0.212. The quantitative estimate of drug-likeness (QED) is 0.461. The van der Waals surface area contributed by atoms with Crippen molar-refractivity contribution in [3.8, 4) is 5.75 Å². The molecule has 0 unspecified atom stereocenters. The molecular weight excluding hydrogens is 350 g/mol. The van der Waals surface area contributed by atoms with E-state index in [1.54, 1.807) is 6.21 Å². The molecule has 0 radical (unpaired) electrons. The number of para-hydroxylation sites is 1. The second-order valence-electron chi connectivity index (χ2n) is 6.31. The van der Waals surface area contributed by atoms with Crippen LogP contribution < -0.4 is 15.5 Å². The van der Waals surface area contributed by atoms with E-state index < -0.39 is 0 Å². The number of amides is 1. The van der Waals surface area contributed by atoms with Crippen molar-refractivity contribution in [3.63, 3.8) is 0 Å². The third kappa shape index (κ3) is 5.99. The van der Waals surface area contributed by atoms with Gasteiger partial charge in [0.15, 0.2) is 0 Å². The van der Waals surface area contributed by atoms with Crippen molar-refractivity contribution in [2.75, 3.05) is 11.9 Å². The fourth-order valence-electron chi connectivity index (χ4n) is 2.59. The number of aryl methyl sites for hydroxylation is 1. The summed E-state index contributed by atoms with van der Waals surface area (Å²) in [6.07, 6.45) is 1.60. The summed E-state index contributed by atoms with van der Waals surface area (Å²) in [6, 6.07) is 25.4. The second-order valence-corrected chi connectivity index (χ2v) is 6.31. The molecule has 0 aromatic heterocycles. The molecule has 2 N–H and O–H groups in total. The minimum Gasteiger partial charge on any atom is -0.489 e. The molecule has 0 saturated carbocycles. The summed E-state index contributed by atoms with van der Waals surface area (Å²) in [5, 5.41) is 7.11. The molecule has 0 aliphatic rings. The fourth-order valence-corrected chi connectivity index (χ4v) is 2.59. The highest BCUT2D eigenvalue weighted by atomic mass is 16.5. The monoisotopic (exact) mass is 373 g/mol. The first kappa shape index (κ1) is 19.2. The van der Waals surface area contributed by atoms with Crippen LogP contribution in [0.4, 0.5) is 5.69 Å². The Morgan fingerprint density at radius 2 is 1.79 bits per heavy atom. The molecule has 0 spiro atoms. The van der Waals surface area contributed by atoms with E-state index in [1.165, 1.54) is 0 Å². The Kier molecular flexibility index (Phi) is 6.79. The standard InChI is InChI=1S/C23H23N3O2/c1-18-8-5-6-13-22(18)24-16-23(27)26-25-15-20-11-7-12-21(14-20)28-17-19-9-3-2-4-10-19/h2-15,24H,16-17H2,1H3,(H,26,27)/b25-15+. The summed E-state index contributed by atoms with van der Waals surface area (Å²) in [5.41, 5.74) is 6.50. The van der Waals surface area contributed by atoms with E-state index in [2.05, 4.69) is 15.8 Å². The van der Waals surface area contributed by atoms with E-state index >= 15 is 0 Å². The SMILES string of the molecule is Cc1ccccc1NCC(=O)N/N=C/c1cccc(OCc2ccccc2)c1. The zero-order valence-corrected chi connectivity index (χ0v) is 15.8. The van der Waals surface area contributed by atoms with E-state index in [9.17, 15) is 4.79 Å². The first-order valence-corrected chi connectivity index (χ1v) is 9.09. The van der Waals surface area contributed by atoms with E-state index in [0.717, 1.165) is 28.1 Å². The van der Waals surface area contributed by atoms with Crippen LogP contribution in [0.5, 0.6) is 5.75 Å². The molecule has 28 heavy (non-hydrogen) atoms. The molecule has 0 aliphatic heterocycles. The Hall–Kier alpha value is -3.60. The summed E-state index contributed by atoms with van der Waals surface area (Å²) >= 11 is 0. The Bertz CT molecular complexity index is 939. The number of nitrogens with zero attached hydrogens (tertiary/aromatic N) is 1. The number of ether oxygens (including phenoxy) is 1. The zero-order chi connectivity index (χ0) is 19.6. The van der Waals surface area contributed by atoms with Gasteiger partial charge in [0.05, 0.1) is 12.8 Å². The Morgan fingerprint density at radius 1 is 1.00 bits per heavy atom. The van der Waals surface area contributed by atoms with Crippen molar-refractivity contribution < 1.29 is 9.53 Å². The Labute approximate surface area is 165 Å². The van der Waals surface area contributed by atoms with Crippen LogP contribution in [0.3, 0.4) is 0 Å². The highest BCUT2D eigenvalue weighted by Crippen LogP contribution is 2.14. The number of carbonyl (C=O) groups excluding carboxylic acids is 1. The topological polar surface area (TPSA) is 62.7 Å². The molecule has 3 rings (SSSR count). The summed E-state index contributed by atoms with van der Waals surface area (Å²) < 4.78 is 5.80. The van der Waals surface area contributed by atoms with Crippen LogP contribution in [0.2, 0.25) is 0 Å². The average molecular weight is 373 g/mol. The van der Waals surface area contributed by atoms with Crippen molar-refractivity contribution in [1.82, 2.24) is 5.43 Å². The van der Waals surface area contributed by atoms with Gasteiger partial charge in [-0.3, -0.25) is 4.79 Å². The molecule has 5 nitrogen and oxygen atoms in total. The minimum absolute atomic E-state index is 0.155. The first-order valence-electron chi connectivity index (χ1n) is 9.09. The zero-order valence-electron chi connectivity index (χ0n) is 15.8. The van der Waals surface area contributed by atoms with Crippen LogP contribution in [-0.4, -0.2) is 18.7 Å². The van der Waals surface area contributed by atoms with Gasteiger partial charge in [0.25, 0.3) is 5.91 Å². The predicted molar refractivity (Wildman–Crippen MR) is 113 cm³/mol. The number of anilines is 1. The largest absolute Gasteiger partial charge is 0.489 e. The van der Waals surface area contributed by atoms with Gasteiger partial charge in [0, 0.05) is 5.69 Å². The smallest absolute Gasteiger partial charge is 0.259 e. The lowest BCUT2D eigenvalue weighted by molar-refractivity contribution is -0.119. The molecule has 0 aliphatic carbocycles. The molecule has 0 atom stereocenters. The van der Waals surface area contributed by atoms with Crippen LogP contribution in [0.1, 0.15) is 16.7 Å². The molecular formula is C23H23N3O2. The van der Waals surface area contributed by atoms with Gasteiger partial charge in [-0.05, 0) is 41.8 Å². The summed E-state index contributed by atoms with van der Waals surface area (Å²) in [7, 11) is 0. The number of hydrogen-bond acceptors (Lipinski definition) is 4. The van der Waals surface area contributed by atoms with Crippen molar-refractivity contribution in [2.45, 2.75) is 13.5 Å². The first-order chi connectivity index (χ1) is 13.7. The van der Waals surface area contributed by atoms with Gasteiger partial charge < -0.3 is 10.1 Å². The second kappa shape index (κ2) is 9.92. The molecule has 142 valence electrons. The molecule has 5 heteroatoms. The molecule has 0 fully saturated rings. The molecule has 3 aromatic rings. The van der Waals surface area contributed by atoms with Gasteiger partial charge in [-0.25, -0.2) is 5.43 Å². The third-order valence-corrected chi connectivity index (χ3v) is 4.09. The van der Waals surface area contributed by atoms with Gasteiger partial charge in [-0.1, -0.05) is 60.7 Å². The number of carbonyl (C=O) groups is 1. The molecule has 3 aromatic carbocycles. The van der Waals surface area contributed by atoms with Crippen molar-refractivity contribution in [2.24, 2.45) is 5.10 Å². The highest BCUT2D eigenvalue weighted by Gasteiger charge is 2.01. The summed E-state index contributed by atoms with van der Waals surface area (Å²) in [6.45, 7) is 2.65. The summed E-state index contributed by atoms with van der Waals surface area (Å²) in [5.74, 6) is 0.538. The van der Waals surface area contributed by atoms with Crippen molar-refractivity contribution in [3.05, 3.63) is 95.6 Å². The lowest BCUT2D eigenvalue weighted by Crippen LogP contribution is -2.26. The van der Waals surface area contributed by atoms with Gasteiger partial charge >= 0.3 is 0 Å². The van der Waals surface area contributed by atoms with Crippen LogP contribution in [0.15, 0.2) is 84.0 Å². The van der Waals surface area contributed by atoms with Crippen LogP contribution >= 0.6 is 0 Å². The van der Waals surface area contributed by atoms with Gasteiger partial charge in [0.1, 0.15) is 12.4 Å². The highest BCUT2D eigenvalue weighted by molar-refractivity contribution is 5.84. The number of rotatable bonds is 8. The maximum absolute atomic E-state index is 11.9. The van der Waals surface area contributed by atoms with Crippen LogP contribution in [-0.2, 0) is 11.4 Å². The normalized spacial score (nSPS) is 10.6. The van der Waals surface area contributed by atoms with E-state index in [1.807, 2.05) is 85.8 Å². The number of nitrogens with one attached hydrogen (secondary N) is 2. The molecule has 0 bridgehead atoms. The van der Waals surface area contributed by atoms with Crippen molar-refractivity contribution >= 4 is 17.8 Å². The van der Waals surface area contributed by atoms with Crippen LogP contribution in [0.25, 0.3) is 0 Å². The van der Waals surface area contributed by atoms with Crippen molar-refractivity contribution in [1.29, 1.82) is 0 Å². The van der Waals surface area contributed by atoms with Gasteiger partial charge in [-0.15, -0.1) is 0 Å². The maximum atomic E-state index is 11.9. The lowest BCUT2D eigenvalue weighted by Gasteiger charge is -2.08. The van der Waals surface area contributed by atoms with E-state index in [-0.39, 0.29) is 12.5 Å². The molecule has 0 saturated heterocycles. The van der Waals surface area contributed by atoms with E-state index in [0.29, 0.717) is 6.61 Å². The number of hydrazone groups is 1. The maximum Gasteiger partial charge on any atom is 0.259 e. The molecule has 0 heterocycles. The molecule has 1 amide bonds.